The van der Waals surface area contributed by atoms with Gasteiger partial charge in [0.25, 0.3) is 5.91 Å². The van der Waals surface area contributed by atoms with Crippen molar-refractivity contribution in [1.29, 1.82) is 0 Å². The molecule has 1 fully saturated rings. The topological polar surface area (TPSA) is 74.8 Å². The number of aromatic nitrogens is 1. The Labute approximate surface area is 192 Å². The molecule has 2 heterocycles. The Morgan fingerprint density at radius 3 is 2.77 bits per heavy atom. The first kappa shape index (κ1) is 23.4. The zero-order chi connectivity index (χ0) is 22.2. The number of nitrogens with one attached hydrogen (secondary N) is 1. The van der Waals surface area contributed by atoms with Crippen LogP contribution in [0.3, 0.4) is 0 Å². The number of nitrogens with zero attached hydrogens (tertiary/aromatic N) is 3. The van der Waals surface area contributed by atoms with Gasteiger partial charge in [0, 0.05) is 31.6 Å². The van der Waals surface area contributed by atoms with E-state index in [4.69, 9.17) is 4.74 Å². The molecule has 1 aliphatic heterocycles. The van der Waals surface area contributed by atoms with Crippen molar-refractivity contribution in [1.82, 2.24) is 15.2 Å². The lowest BCUT2D eigenvalue weighted by atomic mass is 10.1. The summed E-state index contributed by atoms with van der Waals surface area (Å²) >= 11 is 3.31. The van der Waals surface area contributed by atoms with Crippen LogP contribution in [0.4, 0.5) is 5.13 Å². The van der Waals surface area contributed by atoms with Crippen molar-refractivity contribution in [3.05, 3.63) is 40.9 Å². The third-order valence-electron chi connectivity index (χ3n) is 5.25. The van der Waals surface area contributed by atoms with E-state index in [-0.39, 0.29) is 11.8 Å². The fourth-order valence-corrected chi connectivity index (χ4v) is 4.93. The van der Waals surface area contributed by atoms with E-state index in [9.17, 15) is 9.59 Å². The van der Waals surface area contributed by atoms with E-state index in [0.29, 0.717) is 30.8 Å². The molecule has 9 heteroatoms. The second-order valence-electron chi connectivity index (χ2n) is 7.45. The van der Waals surface area contributed by atoms with Crippen LogP contribution >= 0.6 is 23.1 Å². The maximum atomic E-state index is 13.4. The maximum absolute atomic E-state index is 13.4. The van der Waals surface area contributed by atoms with Gasteiger partial charge in [0.1, 0.15) is 11.8 Å². The SMILES string of the molecule is COc1ccccc1C(=O)NC(CCSC)C(=O)N1CCCN(c2nc(C)cs2)CC1. The van der Waals surface area contributed by atoms with Crippen molar-refractivity contribution in [3.63, 3.8) is 0 Å². The van der Waals surface area contributed by atoms with Crippen LogP contribution in [0.15, 0.2) is 29.6 Å². The average molecular weight is 463 g/mol. The van der Waals surface area contributed by atoms with Gasteiger partial charge < -0.3 is 19.9 Å². The molecule has 1 saturated heterocycles. The number of thiazole rings is 1. The number of thioether (sulfide) groups is 1. The van der Waals surface area contributed by atoms with E-state index in [1.807, 2.05) is 24.1 Å². The molecule has 3 rings (SSSR count). The lowest BCUT2D eigenvalue weighted by molar-refractivity contribution is -0.133. The van der Waals surface area contributed by atoms with Gasteiger partial charge >= 0.3 is 0 Å². The molecule has 0 aliphatic carbocycles. The molecule has 31 heavy (non-hydrogen) atoms. The molecule has 2 aromatic rings. The number of amides is 2. The summed E-state index contributed by atoms with van der Waals surface area (Å²) in [5.41, 5.74) is 1.46. The van der Waals surface area contributed by atoms with Crippen molar-refractivity contribution in [2.45, 2.75) is 25.8 Å². The first-order chi connectivity index (χ1) is 15.0. The summed E-state index contributed by atoms with van der Waals surface area (Å²) in [5.74, 6) is 0.988. The zero-order valence-electron chi connectivity index (χ0n) is 18.3. The molecule has 1 aliphatic rings. The zero-order valence-corrected chi connectivity index (χ0v) is 19.9. The number of rotatable bonds is 8. The van der Waals surface area contributed by atoms with Gasteiger partial charge in [-0.25, -0.2) is 4.98 Å². The lowest BCUT2D eigenvalue weighted by Crippen LogP contribution is -2.49. The second-order valence-corrected chi connectivity index (χ2v) is 9.27. The molecule has 0 spiro atoms. The third kappa shape index (κ3) is 6.13. The fourth-order valence-electron chi connectivity index (χ4n) is 3.60. The van der Waals surface area contributed by atoms with Crippen LogP contribution in [0, 0.1) is 6.92 Å². The Balaban J connectivity index is 1.68. The molecule has 1 N–H and O–H groups in total. The number of hydrogen-bond donors (Lipinski definition) is 1. The van der Waals surface area contributed by atoms with Crippen LogP contribution in [0.25, 0.3) is 0 Å². The first-order valence-corrected chi connectivity index (χ1v) is 12.7. The van der Waals surface area contributed by atoms with Crippen molar-refractivity contribution in [2.24, 2.45) is 0 Å². The lowest BCUT2D eigenvalue weighted by Gasteiger charge is -2.27. The van der Waals surface area contributed by atoms with Crippen LogP contribution in [0.1, 0.15) is 28.9 Å². The molecule has 1 aromatic heterocycles. The number of carbonyl (C=O) groups excluding carboxylic acids is 2. The van der Waals surface area contributed by atoms with Crippen molar-refractivity contribution >= 4 is 40.0 Å². The quantitative estimate of drug-likeness (QED) is 0.650. The molecule has 0 saturated carbocycles. The molecule has 2 amide bonds. The van der Waals surface area contributed by atoms with Crippen LogP contribution in [-0.2, 0) is 4.79 Å². The number of para-hydroxylation sites is 1. The standard InChI is InChI=1S/C22H30N4O3S2/c1-16-15-31-22(23-16)26-11-6-10-25(12-13-26)21(28)18(9-14-30-3)24-20(27)17-7-4-5-8-19(17)29-2/h4-5,7-8,15,18H,6,9-14H2,1-3H3,(H,24,27). The average Bonchev–Trinajstić information content (AvgIpc) is 3.07. The minimum absolute atomic E-state index is 0.0190. The predicted octanol–water partition coefficient (Wildman–Crippen LogP) is 3.05. The molecule has 7 nitrogen and oxygen atoms in total. The molecule has 1 atom stereocenters. The summed E-state index contributed by atoms with van der Waals surface area (Å²) < 4.78 is 5.31. The van der Waals surface area contributed by atoms with Gasteiger partial charge in [0.05, 0.1) is 18.4 Å². The fraction of sp³-hybridized carbons (Fsp3) is 0.500. The predicted molar refractivity (Wildman–Crippen MR) is 128 cm³/mol. The summed E-state index contributed by atoms with van der Waals surface area (Å²) in [6.45, 7) is 4.92. The Kier molecular flexibility index (Phi) is 8.60. The minimum Gasteiger partial charge on any atom is -0.496 e. The molecule has 1 aromatic carbocycles. The van der Waals surface area contributed by atoms with Crippen molar-refractivity contribution < 1.29 is 14.3 Å². The van der Waals surface area contributed by atoms with Crippen molar-refractivity contribution in [3.8, 4) is 5.75 Å². The Morgan fingerprint density at radius 2 is 2.06 bits per heavy atom. The van der Waals surface area contributed by atoms with Crippen LogP contribution in [0.2, 0.25) is 0 Å². The monoisotopic (exact) mass is 462 g/mol. The van der Waals surface area contributed by atoms with Gasteiger partial charge in [-0.05, 0) is 43.9 Å². The normalized spacial score (nSPS) is 15.3. The number of benzene rings is 1. The largest absolute Gasteiger partial charge is 0.496 e. The van der Waals surface area contributed by atoms with Crippen LogP contribution in [0.5, 0.6) is 5.75 Å². The summed E-state index contributed by atoms with van der Waals surface area (Å²) in [4.78, 5) is 35.0. The van der Waals surface area contributed by atoms with Gasteiger partial charge in [-0.2, -0.15) is 11.8 Å². The highest BCUT2D eigenvalue weighted by molar-refractivity contribution is 7.98. The number of aryl methyl sites for hydroxylation is 1. The highest BCUT2D eigenvalue weighted by atomic mass is 32.2. The molecule has 0 radical (unpaired) electrons. The summed E-state index contributed by atoms with van der Waals surface area (Å²) in [6.07, 6.45) is 3.47. The number of anilines is 1. The van der Waals surface area contributed by atoms with Gasteiger partial charge in [0.15, 0.2) is 5.13 Å². The van der Waals surface area contributed by atoms with E-state index in [0.717, 1.165) is 36.1 Å². The van der Waals surface area contributed by atoms with E-state index < -0.39 is 6.04 Å². The summed E-state index contributed by atoms with van der Waals surface area (Å²) in [5, 5.41) is 6.02. The molecule has 168 valence electrons. The summed E-state index contributed by atoms with van der Waals surface area (Å²) in [7, 11) is 1.54. The van der Waals surface area contributed by atoms with E-state index in [1.54, 1.807) is 41.3 Å². The van der Waals surface area contributed by atoms with Crippen LogP contribution < -0.4 is 15.0 Å². The minimum atomic E-state index is -0.557. The number of carbonyl (C=O) groups is 2. The number of methoxy groups -OCH3 is 1. The van der Waals surface area contributed by atoms with E-state index in [2.05, 4.69) is 20.6 Å². The van der Waals surface area contributed by atoms with Gasteiger partial charge in [-0.3, -0.25) is 9.59 Å². The third-order valence-corrected chi connectivity index (χ3v) is 6.91. The molecular weight excluding hydrogens is 432 g/mol. The van der Waals surface area contributed by atoms with Crippen molar-refractivity contribution in [2.75, 3.05) is 50.2 Å². The van der Waals surface area contributed by atoms with Gasteiger partial charge in [-0.1, -0.05) is 12.1 Å². The maximum Gasteiger partial charge on any atom is 0.255 e. The Hall–Kier alpha value is -2.26. The van der Waals surface area contributed by atoms with E-state index >= 15 is 0 Å². The molecular formula is C22H30N4O3S2. The first-order valence-electron chi connectivity index (χ1n) is 10.4. The number of ether oxygens (including phenoxy) is 1. The number of hydrogen-bond acceptors (Lipinski definition) is 7. The summed E-state index contributed by atoms with van der Waals surface area (Å²) in [6, 6.07) is 6.51. The van der Waals surface area contributed by atoms with Crippen LogP contribution in [-0.4, -0.2) is 73.0 Å². The van der Waals surface area contributed by atoms with Gasteiger partial charge in [-0.15, -0.1) is 11.3 Å². The van der Waals surface area contributed by atoms with Gasteiger partial charge in [0.2, 0.25) is 5.91 Å². The highest BCUT2D eigenvalue weighted by Crippen LogP contribution is 2.22. The smallest absolute Gasteiger partial charge is 0.255 e. The highest BCUT2D eigenvalue weighted by Gasteiger charge is 2.28. The molecule has 1 unspecified atom stereocenters. The Bertz CT molecular complexity index is 889. The Morgan fingerprint density at radius 1 is 1.26 bits per heavy atom. The second kappa shape index (κ2) is 11.4. The molecule has 0 bridgehead atoms. The van der Waals surface area contributed by atoms with E-state index in [1.165, 1.54) is 7.11 Å².